The predicted molar refractivity (Wildman–Crippen MR) is 69.8 cm³/mol. The molecular formula is C15H23N3. The summed E-state index contributed by atoms with van der Waals surface area (Å²) in [4.78, 5) is 2.55. The molecule has 0 radical (unpaired) electrons. The zero-order chi connectivity index (χ0) is 12.2. The van der Waals surface area contributed by atoms with Crippen LogP contribution in [0.1, 0.15) is 32.1 Å². The van der Waals surface area contributed by atoms with E-state index in [0.29, 0.717) is 11.8 Å². The van der Waals surface area contributed by atoms with E-state index in [9.17, 15) is 5.26 Å². The monoisotopic (exact) mass is 245 g/mol. The summed E-state index contributed by atoms with van der Waals surface area (Å²) in [6.45, 7) is 4.29. The first-order valence-corrected chi connectivity index (χ1v) is 7.70. The normalized spacial score (nSPS) is 51.3. The van der Waals surface area contributed by atoms with Crippen LogP contribution in [0.25, 0.3) is 0 Å². The molecule has 18 heavy (non-hydrogen) atoms. The van der Waals surface area contributed by atoms with Crippen molar-refractivity contribution < 1.29 is 0 Å². The van der Waals surface area contributed by atoms with Gasteiger partial charge < -0.3 is 5.32 Å². The molecule has 1 saturated heterocycles. The second kappa shape index (κ2) is 3.95. The molecule has 4 bridgehead atoms. The minimum absolute atomic E-state index is 0.0878. The maximum absolute atomic E-state index is 9.99. The molecule has 98 valence electrons. The Balaban J connectivity index is 1.69. The van der Waals surface area contributed by atoms with E-state index >= 15 is 0 Å². The van der Waals surface area contributed by atoms with Crippen LogP contribution in [0.5, 0.6) is 0 Å². The Kier molecular flexibility index (Phi) is 2.47. The first-order valence-electron chi connectivity index (χ1n) is 7.70. The zero-order valence-corrected chi connectivity index (χ0v) is 11.1. The summed E-state index contributed by atoms with van der Waals surface area (Å²) in [6.07, 6.45) is 6.82. The van der Waals surface area contributed by atoms with Gasteiger partial charge in [-0.05, 0) is 55.8 Å². The molecule has 0 unspecified atom stereocenters. The molecule has 1 N–H and O–H groups in total. The van der Waals surface area contributed by atoms with Crippen molar-refractivity contribution in [3.63, 3.8) is 0 Å². The fourth-order valence-electron chi connectivity index (χ4n) is 5.71. The maximum Gasteiger partial charge on any atom is 0.115 e. The van der Waals surface area contributed by atoms with Crippen molar-refractivity contribution in [2.45, 2.75) is 37.6 Å². The molecule has 5 rings (SSSR count). The van der Waals surface area contributed by atoms with E-state index in [2.05, 4.69) is 16.3 Å². The van der Waals surface area contributed by atoms with Gasteiger partial charge in [0.2, 0.25) is 0 Å². The van der Waals surface area contributed by atoms with Crippen LogP contribution in [0.15, 0.2) is 0 Å². The van der Waals surface area contributed by atoms with Crippen LogP contribution in [-0.2, 0) is 0 Å². The van der Waals surface area contributed by atoms with E-state index in [-0.39, 0.29) is 5.54 Å². The van der Waals surface area contributed by atoms with Crippen LogP contribution in [0, 0.1) is 35.0 Å². The van der Waals surface area contributed by atoms with Gasteiger partial charge in [0.05, 0.1) is 6.07 Å². The van der Waals surface area contributed by atoms with Crippen molar-refractivity contribution >= 4 is 0 Å². The Morgan fingerprint density at radius 3 is 2.00 bits per heavy atom. The number of nitrogens with one attached hydrogen (secondary N) is 1. The molecule has 1 aliphatic heterocycles. The van der Waals surface area contributed by atoms with Crippen LogP contribution in [0.4, 0.5) is 0 Å². The highest BCUT2D eigenvalue weighted by atomic mass is 15.3. The van der Waals surface area contributed by atoms with Crippen molar-refractivity contribution in [3.8, 4) is 6.07 Å². The molecule has 0 spiro atoms. The lowest BCUT2D eigenvalue weighted by Gasteiger charge is -2.62. The molecule has 5 aliphatic rings. The largest absolute Gasteiger partial charge is 0.314 e. The number of rotatable bonds is 1. The predicted octanol–water partition coefficient (Wildman–Crippen LogP) is 1.61. The van der Waals surface area contributed by atoms with Crippen LogP contribution >= 0.6 is 0 Å². The van der Waals surface area contributed by atoms with Gasteiger partial charge in [-0.25, -0.2) is 0 Å². The van der Waals surface area contributed by atoms with Gasteiger partial charge in [-0.2, -0.15) is 5.26 Å². The second-order valence-corrected chi connectivity index (χ2v) is 6.98. The lowest BCUT2D eigenvalue weighted by molar-refractivity contribution is -0.108. The molecule has 4 aliphatic carbocycles. The third-order valence-electron chi connectivity index (χ3n) is 6.20. The highest BCUT2D eigenvalue weighted by Gasteiger charge is 2.60. The number of piperazine rings is 1. The maximum atomic E-state index is 9.99. The van der Waals surface area contributed by atoms with Crippen molar-refractivity contribution in [3.05, 3.63) is 0 Å². The number of nitriles is 1. The van der Waals surface area contributed by atoms with Crippen LogP contribution < -0.4 is 5.32 Å². The minimum Gasteiger partial charge on any atom is -0.314 e. The summed E-state index contributed by atoms with van der Waals surface area (Å²) in [6, 6.07) is 2.83. The summed E-state index contributed by atoms with van der Waals surface area (Å²) in [5.41, 5.74) is -0.0878. The molecule has 4 saturated carbocycles. The van der Waals surface area contributed by atoms with Crippen molar-refractivity contribution in [1.29, 1.82) is 5.26 Å². The van der Waals surface area contributed by atoms with Gasteiger partial charge in [0.15, 0.2) is 0 Å². The molecule has 1 heterocycles. The average Bonchev–Trinajstić information content (AvgIpc) is 2.40. The smallest absolute Gasteiger partial charge is 0.115 e. The molecular weight excluding hydrogens is 222 g/mol. The lowest BCUT2D eigenvalue weighted by atomic mass is 9.48. The van der Waals surface area contributed by atoms with Gasteiger partial charge in [-0.15, -0.1) is 0 Å². The Hall–Kier alpha value is -0.590. The van der Waals surface area contributed by atoms with Crippen molar-refractivity contribution in [2.24, 2.45) is 23.7 Å². The van der Waals surface area contributed by atoms with E-state index in [1.54, 1.807) is 0 Å². The molecule has 0 aromatic heterocycles. The summed E-state index contributed by atoms with van der Waals surface area (Å²) < 4.78 is 0. The highest BCUT2D eigenvalue weighted by molar-refractivity contribution is 5.22. The quantitative estimate of drug-likeness (QED) is 0.763. The molecule has 0 aromatic carbocycles. The Morgan fingerprint density at radius 2 is 1.50 bits per heavy atom. The third-order valence-corrected chi connectivity index (χ3v) is 6.20. The van der Waals surface area contributed by atoms with E-state index in [1.807, 2.05) is 0 Å². The first-order chi connectivity index (χ1) is 8.83. The zero-order valence-electron chi connectivity index (χ0n) is 11.1. The fraction of sp³-hybridized carbons (Fsp3) is 0.933. The van der Waals surface area contributed by atoms with E-state index < -0.39 is 0 Å². The molecule has 0 aromatic rings. The number of nitrogens with zero attached hydrogens (tertiary/aromatic N) is 2. The van der Waals surface area contributed by atoms with Crippen LogP contribution in [0.2, 0.25) is 0 Å². The van der Waals surface area contributed by atoms with Gasteiger partial charge in [-0.1, -0.05) is 0 Å². The van der Waals surface area contributed by atoms with Gasteiger partial charge >= 0.3 is 0 Å². The Morgan fingerprint density at radius 1 is 0.944 bits per heavy atom. The van der Waals surface area contributed by atoms with Gasteiger partial charge in [0.1, 0.15) is 5.54 Å². The number of hydrogen-bond donors (Lipinski definition) is 1. The van der Waals surface area contributed by atoms with Crippen LogP contribution in [0.3, 0.4) is 0 Å². The van der Waals surface area contributed by atoms with Crippen LogP contribution in [-0.4, -0.2) is 36.6 Å². The van der Waals surface area contributed by atoms with Gasteiger partial charge in [0.25, 0.3) is 0 Å². The summed E-state index contributed by atoms with van der Waals surface area (Å²) in [5, 5.41) is 13.4. The lowest BCUT2D eigenvalue weighted by Crippen LogP contribution is -2.68. The summed E-state index contributed by atoms with van der Waals surface area (Å²) in [5.74, 6) is 3.27. The first kappa shape index (κ1) is 11.3. The Bertz CT molecular complexity index is 344. The van der Waals surface area contributed by atoms with Crippen molar-refractivity contribution in [2.75, 3.05) is 26.2 Å². The van der Waals surface area contributed by atoms with E-state index in [0.717, 1.165) is 38.0 Å². The summed E-state index contributed by atoms with van der Waals surface area (Å²) >= 11 is 0. The third kappa shape index (κ3) is 1.37. The van der Waals surface area contributed by atoms with Gasteiger partial charge in [0, 0.05) is 26.2 Å². The highest BCUT2D eigenvalue weighted by Crippen LogP contribution is 2.59. The average molecular weight is 245 g/mol. The van der Waals surface area contributed by atoms with Crippen molar-refractivity contribution in [1.82, 2.24) is 10.2 Å². The molecule has 5 fully saturated rings. The fourth-order valence-corrected chi connectivity index (χ4v) is 5.71. The van der Waals surface area contributed by atoms with E-state index in [1.165, 1.54) is 32.1 Å². The Labute approximate surface area is 110 Å². The second-order valence-electron chi connectivity index (χ2n) is 6.98. The number of hydrogen-bond acceptors (Lipinski definition) is 3. The summed E-state index contributed by atoms with van der Waals surface area (Å²) in [7, 11) is 0. The molecule has 0 atom stereocenters. The molecule has 3 nitrogen and oxygen atoms in total. The molecule has 3 heteroatoms. The molecule has 0 amide bonds. The van der Waals surface area contributed by atoms with E-state index in [4.69, 9.17) is 0 Å². The topological polar surface area (TPSA) is 39.1 Å². The minimum atomic E-state index is -0.0878. The standard InChI is InChI=1S/C15H23N3/c16-10-15(18-3-1-17-2-4-18)13-6-11-5-12(8-13)9-14(15)7-11/h11-14,17H,1-9H2. The SMILES string of the molecule is N#CC1(N2CCNCC2)C2CC3CC(C2)CC1C3. The van der Waals surface area contributed by atoms with Gasteiger partial charge in [-0.3, -0.25) is 4.90 Å².